The number of carbonyl (C=O) groups is 1. The molecule has 0 aliphatic heterocycles. The zero-order chi connectivity index (χ0) is 18.5. The third kappa shape index (κ3) is 4.04. The summed E-state index contributed by atoms with van der Waals surface area (Å²) in [5.41, 5.74) is 10.7. The third-order valence-corrected chi connectivity index (χ3v) is 3.97. The molecule has 0 spiro atoms. The molecule has 132 valence electrons. The quantitative estimate of drug-likeness (QED) is 0.544. The van der Waals surface area contributed by atoms with E-state index in [1.165, 1.54) is 12.5 Å². The first-order valence-corrected chi connectivity index (χ1v) is 8.19. The second-order valence-corrected chi connectivity index (χ2v) is 6.05. The van der Waals surface area contributed by atoms with E-state index in [2.05, 4.69) is 10.5 Å². The van der Waals surface area contributed by atoms with E-state index >= 15 is 0 Å². The molecule has 0 saturated heterocycles. The van der Waals surface area contributed by atoms with Gasteiger partial charge in [0.15, 0.2) is 0 Å². The summed E-state index contributed by atoms with van der Waals surface area (Å²) in [6, 6.07) is 14.1. The second kappa shape index (κ2) is 7.76. The number of fused-ring (bicyclic) bond motifs is 1. The van der Waals surface area contributed by atoms with Gasteiger partial charge in [0.25, 0.3) is 5.91 Å². The zero-order valence-corrected chi connectivity index (χ0v) is 14.3. The highest BCUT2D eigenvalue weighted by Gasteiger charge is 2.13. The van der Waals surface area contributed by atoms with Crippen molar-refractivity contribution in [2.45, 2.75) is 19.4 Å². The largest absolute Gasteiger partial charge is 0.463 e. The molecular weight excluding hydrogens is 330 g/mol. The Hall–Kier alpha value is -3.25. The number of nitrogens with two attached hydrogens (primary N) is 1. The van der Waals surface area contributed by atoms with E-state index < -0.39 is 11.9 Å². The molecule has 0 fully saturated rings. The van der Waals surface area contributed by atoms with Crippen LogP contribution >= 0.6 is 0 Å². The fourth-order valence-electron chi connectivity index (χ4n) is 2.56. The molecule has 3 N–H and O–H groups in total. The Bertz CT molecular complexity index is 1010. The number of aryl methyl sites for hydroxylation is 1. The Morgan fingerprint density at radius 2 is 2.04 bits per heavy atom. The predicted octanol–water partition coefficient (Wildman–Crippen LogP) is 2.12. The molecule has 1 aromatic heterocycles. The number of hydrazone groups is 1. The normalized spacial score (nSPS) is 12.4. The Morgan fingerprint density at radius 1 is 1.27 bits per heavy atom. The van der Waals surface area contributed by atoms with Crippen LogP contribution in [0.3, 0.4) is 0 Å². The van der Waals surface area contributed by atoms with E-state index in [1.54, 1.807) is 12.1 Å². The summed E-state index contributed by atoms with van der Waals surface area (Å²) in [7, 11) is 0. The first kappa shape index (κ1) is 17.6. The van der Waals surface area contributed by atoms with E-state index in [1.807, 2.05) is 43.3 Å². The lowest BCUT2D eigenvalue weighted by molar-refractivity contribution is -0.122. The van der Waals surface area contributed by atoms with Gasteiger partial charge in [-0.2, -0.15) is 5.10 Å². The van der Waals surface area contributed by atoms with Crippen LogP contribution in [0.15, 0.2) is 69.1 Å². The fourth-order valence-corrected chi connectivity index (χ4v) is 2.56. The number of benzene rings is 2. The van der Waals surface area contributed by atoms with Gasteiger partial charge in [0.05, 0.1) is 23.2 Å². The maximum Gasteiger partial charge on any atom is 0.257 e. The van der Waals surface area contributed by atoms with Crippen molar-refractivity contribution >= 4 is 23.1 Å². The molecule has 1 atom stereocenters. The van der Waals surface area contributed by atoms with Crippen molar-refractivity contribution in [3.8, 4) is 0 Å². The summed E-state index contributed by atoms with van der Waals surface area (Å²) in [4.78, 5) is 24.5. The number of nitrogens with one attached hydrogen (secondary N) is 1. The molecule has 0 aliphatic carbocycles. The molecule has 0 aliphatic rings. The van der Waals surface area contributed by atoms with Gasteiger partial charge in [0.2, 0.25) is 5.43 Å². The number of carbonyl (C=O) groups excluding carboxylic acids is 1. The minimum Gasteiger partial charge on any atom is -0.463 e. The Morgan fingerprint density at radius 3 is 2.81 bits per heavy atom. The maximum absolute atomic E-state index is 12.4. The first-order chi connectivity index (χ1) is 12.5. The van der Waals surface area contributed by atoms with Gasteiger partial charge in [-0.25, -0.2) is 5.43 Å². The zero-order valence-electron chi connectivity index (χ0n) is 14.3. The lowest BCUT2D eigenvalue weighted by Gasteiger charge is -2.09. The van der Waals surface area contributed by atoms with Gasteiger partial charge in [-0.05, 0) is 31.0 Å². The molecule has 3 aromatic rings. The van der Waals surface area contributed by atoms with E-state index in [0.717, 1.165) is 11.1 Å². The van der Waals surface area contributed by atoms with Crippen LogP contribution in [-0.2, 0) is 11.2 Å². The van der Waals surface area contributed by atoms with E-state index in [-0.39, 0.29) is 11.0 Å². The van der Waals surface area contributed by atoms with Crippen LogP contribution in [0.25, 0.3) is 11.0 Å². The fraction of sp³-hybridized carbons (Fsp3) is 0.150. The summed E-state index contributed by atoms with van der Waals surface area (Å²) in [5, 5.41) is 4.30. The lowest BCUT2D eigenvalue weighted by atomic mass is 10.1. The first-order valence-electron chi connectivity index (χ1n) is 8.19. The van der Waals surface area contributed by atoms with Crippen molar-refractivity contribution in [3.63, 3.8) is 0 Å². The van der Waals surface area contributed by atoms with Crippen LogP contribution in [0.1, 0.15) is 16.7 Å². The van der Waals surface area contributed by atoms with Gasteiger partial charge in [-0.15, -0.1) is 0 Å². The summed E-state index contributed by atoms with van der Waals surface area (Å²) in [6.45, 7) is 1.90. The molecule has 0 radical (unpaired) electrons. The van der Waals surface area contributed by atoms with Crippen LogP contribution in [-0.4, -0.2) is 18.2 Å². The van der Waals surface area contributed by atoms with Crippen molar-refractivity contribution in [1.29, 1.82) is 0 Å². The standard InChI is InChI=1S/C20H19N3O3/c1-13-7-8-18-16(9-13)19(24)15(12-26-18)11-22-23-20(25)17(21)10-14-5-3-2-4-6-14/h2-9,11-12,17H,10,21H2,1H3,(H,23,25)/b22-11-/t17-/m0/s1. The van der Waals surface area contributed by atoms with Gasteiger partial charge in [0.1, 0.15) is 11.8 Å². The molecule has 6 nitrogen and oxygen atoms in total. The highest BCUT2D eigenvalue weighted by Crippen LogP contribution is 2.12. The van der Waals surface area contributed by atoms with Gasteiger partial charge in [-0.3, -0.25) is 9.59 Å². The molecule has 2 aromatic carbocycles. The van der Waals surface area contributed by atoms with Crippen molar-refractivity contribution in [2.75, 3.05) is 0 Å². The summed E-state index contributed by atoms with van der Waals surface area (Å²) in [6.07, 6.45) is 2.99. The summed E-state index contributed by atoms with van der Waals surface area (Å²) >= 11 is 0. The van der Waals surface area contributed by atoms with Crippen molar-refractivity contribution in [3.05, 3.63) is 81.7 Å². The highest BCUT2D eigenvalue weighted by molar-refractivity contribution is 5.88. The molecule has 1 amide bonds. The molecule has 0 bridgehead atoms. The Balaban J connectivity index is 1.68. The molecule has 26 heavy (non-hydrogen) atoms. The van der Waals surface area contributed by atoms with Crippen LogP contribution in [0, 0.1) is 6.92 Å². The summed E-state index contributed by atoms with van der Waals surface area (Å²) < 4.78 is 5.43. The Labute approximate surface area is 150 Å². The van der Waals surface area contributed by atoms with E-state index in [9.17, 15) is 9.59 Å². The minimum atomic E-state index is -0.731. The van der Waals surface area contributed by atoms with Crippen molar-refractivity contribution in [1.82, 2.24) is 5.43 Å². The SMILES string of the molecule is Cc1ccc2occ(/C=N\NC(=O)[C@@H](N)Cc3ccccc3)c(=O)c2c1. The van der Waals surface area contributed by atoms with E-state index in [4.69, 9.17) is 10.2 Å². The molecule has 0 unspecified atom stereocenters. The van der Waals surface area contributed by atoms with Crippen LogP contribution in [0.2, 0.25) is 0 Å². The molecule has 6 heteroatoms. The average molecular weight is 349 g/mol. The molecule has 1 heterocycles. The predicted molar refractivity (Wildman–Crippen MR) is 101 cm³/mol. The number of hydrogen-bond acceptors (Lipinski definition) is 5. The van der Waals surface area contributed by atoms with Crippen molar-refractivity contribution < 1.29 is 9.21 Å². The number of nitrogens with zero attached hydrogens (tertiary/aromatic N) is 1. The van der Waals surface area contributed by atoms with E-state index in [0.29, 0.717) is 17.4 Å². The number of amides is 1. The molecular formula is C20H19N3O3. The number of rotatable bonds is 5. The van der Waals surface area contributed by atoms with Crippen LogP contribution < -0.4 is 16.6 Å². The molecule has 0 saturated carbocycles. The smallest absolute Gasteiger partial charge is 0.257 e. The summed E-state index contributed by atoms with van der Waals surface area (Å²) in [5.74, 6) is -0.425. The second-order valence-electron chi connectivity index (χ2n) is 6.05. The average Bonchev–Trinajstić information content (AvgIpc) is 2.64. The van der Waals surface area contributed by atoms with Crippen molar-refractivity contribution in [2.24, 2.45) is 10.8 Å². The third-order valence-electron chi connectivity index (χ3n) is 3.97. The van der Waals surface area contributed by atoms with Gasteiger partial charge in [0, 0.05) is 0 Å². The maximum atomic E-state index is 12.4. The Kier molecular flexibility index (Phi) is 5.24. The molecule has 3 rings (SSSR count). The lowest BCUT2D eigenvalue weighted by Crippen LogP contribution is -2.40. The van der Waals surface area contributed by atoms with Gasteiger partial charge in [-0.1, -0.05) is 42.0 Å². The topological polar surface area (TPSA) is 97.7 Å². The highest BCUT2D eigenvalue weighted by atomic mass is 16.3. The van der Waals surface area contributed by atoms with Crippen LogP contribution in [0.5, 0.6) is 0 Å². The monoisotopic (exact) mass is 349 g/mol. The van der Waals surface area contributed by atoms with Crippen LogP contribution in [0.4, 0.5) is 0 Å². The van der Waals surface area contributed by atoms with Gasteiger partial charge < -0.3 is 10.2 Å². The van der Waals surface area contributed by atoms with Gasteiger partial charge >= 0.3 is 0 Å². The minimum absolute atomic E-state index is 0.207. The number of hydrogen-bond donors (Lipinski definition) is 2.